The van der Waals surface area contributed by atoms with E-state index < -0.39 is 5.97 Å². The minimum atomic E-state index is -0.495. The Morgan fingerprint density at radius 1 is 1.46 bits per heavy atom. The van der Waals surface area contributed by atoms with E-state index in [-0.39, 0.29) is 5.56 Å². The second-order valence-electron chi connectivity index (χ2n) is 2.46. The van der Waals surface area contributed by atoms with Crippen LogP contribution in [-0.4, -0.2) is 13.1 Å². The number of ether oxygens (including phenoxy) is 1. The van der Waals surface area contributed by atoms with Gasteiger partial charge in [0.15, 0.2) is 0 Å². The SMILES string of the molecule is COC(=O)c1cc(N)cc(Br)c1N. The van der Waals surface area contributed by atoms with Gasteiger partial charge in [0.1, 0.15) is 0 Å². The topological polar surface area (TPSA) is 78.3 Å². The molecule has 0 aliphatic heterocycles. The average Bonchev–Trinajstić information content (AvgIpc) is 2.10. The van der Waals surface area contributed by atoms with Gasteiger partial charge in [0, 0.05) is 10.2 Å². The number of carbonyl (C=O) groups is 1. The van der Waals surface area contributed by atoms with E-state index in [2.05, 4.69) is 20.7 Å². The van der Waals surface area contributed by atoms with Crippen molar-refractivity contribution < 1.29 is 9.53 Å². The van der Waals surface area contributed by atoms with Crippen molar-refractivity contribution >= 4 is 33.3 Å². The number of nitrogens with two attached hydrogens (primary N) is 2. The summed E-state index contributed by atoms with van der Waals surface area (Å²) in [6, 6.07) is 3.10. The van der Waals surface area contributed by atoms with Crippen molar-refractivity contribution in [3.8, 4) is 0 Å². The molecule has 4 nitrogen and oxygen atoms in total. The van der Waals surface area contributed by atoms with E-state index in [0.717, 1.165) is 0 Å². The average molecular weight is 245 g/mol. The molecule has 4 N–H and O–H groups in total. The van der Waals surface area contributed by atoms with Gasteiger partial charge in [0.2, 0.25) is 0 Å². The zero-order chi connectivity index (χ0) is 10.0. The highest BCUT2D eigenvalue weighted by Crippen LogP contribution is 2.26. The third-order valence-electron chi connectivity index (χ3n) is 1.56. The standard InChI is InChI=1S/C8H9BrN2O2/c1-13-8(12)5-2-4(10)3-6(9)7(5)11/h2-3H,10-11H2,1H3. The van der Waals surface area contributed by atoms with E-state index in [1.165, 1.54) is 13.2 Å². The molecule has 0 bridgehead atoms. The predicted octanol–water partition coefficient (Wildman–Crippen LogP) is 1.40. The maximum absolute atomic E-state index is 11.2. The van der Waals surface area contributed by atoms with Crippen LogP contribution in [0.25, 0.3) is 0 Å². The van der Waals surface area contributed by atoms with E-state index in [1.54, 1.807) is 6.07 Å². The monoisotopic (exact) mass is 244 g/mol. The highest BCUT2D eigenvalue weighted by molar-refractivity contribution is 9.10. The van der Waals surface area contributed by atoms with Crippen LogP contribution < -0.4 is 11.5 Å². The van der Waals surface area contributed by atoms with Crippen LogP contribution in [0.15, 0.2) is 16.6 Å². The molecule has 0 atom stereocenters. The lowest BCUT2D eigenvalue weighted by atomic mass is 10.1. The molecule has 1 aromatic carbocycles. The van der Waals surface area contributed by atoms with Gasteiger partial charge in [-0.1, -0.05) is 0 Å². The number of rotatable bonds is 1. The Bertz CT molecular complexity index is 352. The zero-order valence-corrected chi connectivity index (χ0v) is 8.59. The molecule has 0 aliphatic rings. The van der Waals surface area contributed by atoms with E-state index >= 15 is 0 Å². The second kappa shape index (κ2) is 3.66. The summed E-state index contributed by atoms with van der Waals surface area (Å²) in [7, 11) is 1.29. The quantitative estimate of drug-likeness (QED) is 0.579. The molecule has 0 spiro atoms. The first-order chi connectivity index (χ1) is 6.06. The molecule has 1 rings (SSSR count). The van der Waals surface area contributed by atoms with Crippen molar-refractivity contribution in [1.29, 1.82) is 0 Å². The molecule has 0 heterocycles. The van der Waals surface area contributed by atoms with E-state index in [9.17, 15) is 4.79 Å². The Kier molecular flexibility index (Phi) is 2.77. The first-order valence-corrected chi connectivity index (χ1v) is 4.28. The van der Waals surface area contributed by atoms with E-state index in [4.69, 9.17) is 11.5 Å². The summed E-state index contributed by atoms with van der Waals surface area (Å²) >= 11 is 3.18. The maximum Gasteiger partial charge on any atom is 0.340 e. The molecule has 5 heteroatoms. The smallest absolute Gasteiger partial charge is 0.340 e. The third-order valence-corrected chi connectivity index (χ3v) is 2.21. The van der Waals surface area contributed by atoms with Crippen LogP contribution in [0.2, 0.25) is 0 Å². The van der Waals surface area contributed by atoms with Gasteiger partial charge >= 0.3 is 5.97 Å². The summed E-state index contributed by atoms with van der Waals surface area (Å²) < 4.78 is 5.12. The Hall–Kier alpha value is -1.23. The van der Waals surface area contributed by atoms with Crippen LogP contribution in [-0.2, 0) is 4.74 Å². The number of anilines is 2. The molecule has 0 fully saturated rings. The molecule has 0 amide bonds. The lowest BCUT2D eigenvalue weighted by Gasteiger charge is -2.06. The van der Waals surface area contributed by atoms with Gasteiger partial charge in [-0.15, -0.1) is 0 Å². The number of methoxy groups -OCH3 is 1. The zero-order valence-electron chi connectivity index (χ0n) is 7.00. The third kappa shape index (κ3) is 1.92. The van der Waals surface area contributed by atoms with Crippen LogP contribution in [0.1, 0.15) is 10.4 Å². The number of carbonyl (C=O) groups excluding carboxylic acids is 1. The fourth-order valence-electron chi connectivity index (χ4n) is 0.918. The number of nitrogen functional groups attached to an aromatic ring is 2. The van der Waals surface area contributed by atoms with Crippen molar-refractivity contribution in [3.05, 3.63) is 22.2 Å². The number of benzene rings is 1. The number of esters is 1. The fraction of sp³-hybridized carbons (Fsp3) is 0.125. The van der Waals surface area contributed by atoms with Crippen LogP contribution in [0.4, 0.5) is 11.4 Å². The number of hydrogen-bond acceptors (Lipinski definition) is 4. The minimum absolute atomic E-state index is 0.273. The predicted molar refractivity (Wildman–Crippen MR) is 54.3 cm³/mol. The Morgan fingerprint density at radius 3 is 2.62 bits per heavy atom. The minimum Gasteiger partial charge on any atom is -0.465 e. The van der Waals surface area contributed by atoms with Crippen molar-refractivity contribution in [2.24, 2.45) is 0 Å². The van der Waals surface area contributed by atoms with Crippen molar-refractivity contribution in [1.82, 2.24) is 0 Å². The molecular weight excluding hydrogens is 236 g/mol. The molecule has 1 aromatic rings. The Balaban J connectivity index is 3.28. The highest BCUT2D eigenvalue weighted by atomic mass is 79.9. The summed E-state index contributed by atoms with van der Waals surface area (Å²) in [4.78, 5) is 11.2. The summed E-state index contributed by atoms with van der Waals surface area (Å²) in [6.07, 6.45) is 0. The van der Waals surface area contributed by atoms with Gasteiger partial charge in [0.05, 0.1) is 18.4 Å². The van der Waals surface area contributed by atoms with E-state index in [1.807, 2.05) is 0 Å². The largest absolute Gasteiger partial charge is 0.465 e. The van der Waals surface area contributed by atoms with Crippen molar-refractivity contribution in [2.45, 2.75) is 0 Å². The summed E-state index contributed by atoms with van der Waals surface area (Å²) in [6.45, 7) is 0. The highest BCUT2D eigenvalue weighted by Gasteiger charge is 2.12. The number of hydrogen-bond donors (Lipinski definition) is 2. The summed E-state index contributed by atoms with van der Waals surface area (Å²) in [5.74, 6) is -0.495. The molecule has 0 radical (unpaired) electrons. The van der Waals surface area contributed by atoms with Crippen molar-refractivity contribution in [3.63, 3.8) is 0 Å². The lowest BCUT2D eigenvalue weighted by Crippen LogP contribution is -2.07. The lowest BCUT2D eigenvalue weighted by molar-refractivity contribution is 0.0602. The van der Waals surface area contributed by atoms with Gasteiger partial charge in [-0.05, 0) is 28.1 Å². The fourth-order valence-corrected chi connectivity index (χ4v) is 1.40. The van der Waals surface area contributed by atoms with Gasteiger partial charge < -0.3 is 16.2 Å². The van der Waals surface area contributed by atoms with Crippen LogP contribution >= 0.6 is 15.9 Å². The Labute approximate surface area is 84.0 Å². The molecular formula is C8H9BrN2O2. The van der Waals surface area contributed by atoms with Crippen LogP contribution in [0.5, 0.6) is 0 Å². The Morgan fingerprint density at radius 2 is 2.08 bits per heavy atom. The van der Waals surface area contributed by atoms with E-state index in [0.29, 0.717) is 15.8 Å². The first kappa shape index (κ1) is 9.85. The second-order valence-corrected chi connectivity index (χ2v) is 3.31. The normalized spacial score (nSPS) is 9.69. The van der Waals surface area contributed by atoms with Crippen LogP contribution in [0, 0.1) is 0 Å². The van der Waals surface area contributed by atoms with Crippen LogP contribution in [0.3, 0.4) is 0 Å². The molecule has 0 saturated carbocycles. The summed E-state index contributed by atoms with van der Waals surface area (Å²) in [5.41, 5.74) is 12.2. The molecule has 0 unspecified atom stereocenters. The maximum atomic E-state index is 11.2. The molecule has 0 saturated heterocycles. The first-order valence-electron chi connectivity index (χ1n) is 3.49. The van der Waals surface area contributed by atoms with Gasteiger partial charge in [-0.3, -0.25) is 0 Å². The van der Waals surface area contributed by atoms with Gasteiger partial charge in [0.25, 0.3) is 0 Å². The van der Waals surface area contributed by atoms with Gasteiger partial charge in [-0.25, -0.2) is 4.79 Å². The summed E-state index contributed by atoms with van der Waals surface area (Å²) in [5, 5.41) is 0. The number of halogens is 1. The molecule has 70 valence electrons. The van der Waals surface area contributed by atoms with Crippen molar-refractivity contribution in [2.75, 3.05) is 18.6 Å². The molecule has 13 heavy (non-hydrogen) atoms. The molecule has 0 aliphatic carbocycles. The molecule has 0 aromatic heterocycles. The van der Waals surface area contributed by atoms with Gasteiger partial charge in [-0.2, -0.15) is 0 Å².